The van der Waals surface area contributed by atoms with Crippen molar-refractivity contribution in [2.24, 2.45) is 0 Å². The Labute approximate surface area is 120 Å². The van der Waals surface area contributed by atoms with Crippen LogP contribution in [-0.2, 0) is 6.54 Å². The summed E-state index contributed by atoms with van der Waals surface area (Å²) < 4.78 is 0. The highest BCUT2D eigenvalue weighted by atomic mass is 32.1. The molecule has 1 amide bonds. The zero-order chi connectivity index (χ0) is 14.5. The second-order valence-corrected chi connectivity index (χ2v) is 5.24. The van der Waals surface area contributed by atoms with Crippen LogP contribution in [0.3, 0.4) is 0 Å². The average molecular weight is 290 g/mol. The summed E-state index contributed by atoms with van der Waals surface area (Å²) in [5.41, 5.74) is 1.75. The smallest absolute Gasteiger partial charge is 0.345 e. The summed E-state index contributed by atoms with van der Waals surface area (Å²) in [4.78, 5) is 23.3. The van der Waals surface area contributed by atoms with E-state index in [0.717, 1.165) is 16.9 Å². The van der Waals surface area contributed by atoms with Gasteiger partial charge in [0.1, 0.15) is 4.88 Å². The third-order valence-electron chi connectivity index (χ3n) is 2.61. The van der Waals surface area contributed by atoms with Crippen LogP contribution in [0.2, 0.25) is 0 Å². The highest BCUT2D eigenvalue weighted by Gasteiger charge is 2.13. The van der Waals surface area contributed by atoms with Crippen molar-refractivity contribution in [2.75, 3.05) is 12.4 Å². The predicted octanol–water partition coefficient (Wildman–Crippen LogP) is 2.42. The Morgan fingerprint density at radius 2 is 1.95 bits per heavy atom. The molecule has 1 aromatic carbocycles. The Balaban J connectivity index is 2.10. The number of benzene rings is 1. The molecule has 3 N–H and O–H groups in total. The molecule has 20 heavy (non-hydrogen) atoms. The Morgan fingerprint density at radius 3 is 2.60 bits per heavy atom. The number of carboxylic acid groups (broad SMARTS) is 1. The minimum absolute atomic E-state index is 0.152. The van der Waals surface area contributed by atoms with Crippen molar-refractivity contribution in [1.82, 2.24) is 5.32 Å². The van der Waals surface area contributed by atoms with Crippen LogP contribution in [0.4, 0.5) is 5.69 Å². The molecule has 0 unspecified atom stereocenters. The van der Waals surface area contributed by atoms with Gasteiger partial charge in [-0.2, -0.15) is 0 Å². The zero-order valence-corrected chi connectivity index (χ0v) is 11.7. The fraction of sp³-hybridized carbons (Fsp3) is 0.143. The first-order chi connectivity index (χ1) is 9.60. The van der Waals surface area contributed by atoms with Crippen LogP contribution in [0, 0.1) is 0 Å². The highest BCUT2D eigenvalue weighted by molar-refractivity contribution is 7.15. The van der Waals surface area contributed by atoms with Crippen LogP contribution in [-0.4, -0.2) is 24.0 Å². The lowest BCUT2D eigenvalue weighted by atomic mass is 10.2. The molecule has 2 rings (SSSR count). The SMILES string of the molecule is CNCc1cccc(NC(=O)c2ccc(C(=O)O)s2)c1. The molecule has 0 radical (unpaired) electrons. The van der Waals surface area contributed by atoms with E-state index >= 15 is 0 Å². The number of anilines is 1. The predicted molar refractivity (Wildman–Crippen MR) is 78.4 cm³/mol. The molecule has 0 fully saturated rings. The van der Waals surface area contributed by atoms with E-state index in [2.05, 4.69) is 10.6 Å². The Bertz CT molecular complexity index is 637. The summed E-state index contributed by atoms with van der Waals surface area (Å²) in [5.74, 6) is -1.32. The molecule has 5 nitrogen and oxygen atoms in total. The molecule has 0 atom stereocenters. The van der Waals surface area contributed by atoms with Crippen molar-refractivity contribution < 1.29 is 14.7 Å². The number of nitrogens with one attached hydrogen (secondary N) is 2. The van der Waals surface area contributed by atoms with Gasteiger partial charge in [0.2, 0.25) is 0 Å². The number of carbonyl (C=O) groups is 2. The molecule has 1 aromatic heterocycles. The zero-order valence-electron chi connectivity index (χ0n) is 10.8. The maximum Gasteiger partial charge on any atom is 0.345 e. The van der Waals surface area contributed by atoms with E-state index in [-0.39, 0.29) is 10.8 Å². The number of hydrogen-bond donors (Lipinski definition) is 3. The van der Waals surface area contributed by atoms with E-state index in [1.165, 1.54) is 12.1 Å². The quantitative estimate of drug-likeness (QED) is 0.790. The van der Waals surface area contributed by atoms with Crippen molar-refractivity contribution >= 4 is 28.9 Å². The number of amides is 1. The molecule has 0 saturated carbocycles. The van der Waals surface area contributed by atoms with Gasteiger partial charge in [0.25, 0.3) is 5.91 Å². The van der Waals surface area contributed by atoms with Crippen LogP contribution in [0.5, 0.6) is 0 Å². The van der Waals surface area contributed by atoms with E-state index in [4.69, 9.17) is 5.11 Å². The topological polar surface area (TPSA) is 78.4 Å². The fourth-order valence-electron chi connectivity index (χ4n) is 1.73. The number of rotatable bonds is 5. The van der Waals surface area contributed by atoms with Gasteiger partial charge in [0.15, 0.2) is 0 Å². The molecule has 104 valence electrons. The third-order valence-corrected chi connectivity index (χ3v) is 3.68. The molecular weight excluding hydrogens is 276 g/mol. The van der Waals surface area contributed by atoms with Crippen molar-refractivity contribution in [1.29, 1.82) is 0 Å². The van der Waals surface area contributed by atoms with Gasteiger partial charge in [0.05, 0.1) is 4.88 Å². The molecule has 0 aliphatic carbocycles. The Morgan fingerprint density at radius 1 is 1.20 bits per heavy atom. The summed E-state index contributed by atoms with van der Waals surface area (Å²) in [6, 6.07) is 10.4. The highest BCUT2D eigenvalue weighted by Crippen LogP contribution is 2.19. The standard InChI is InChI=1S/C14H14N2O3S/c1-15-8-9-3-2-4-10(7-9)16-13(17)11-5-6-12(20-11)14(18)19/h2-7,15H,8H2,1H3,(H,16,17)(H,18,19). The summed E-state index contributed by atoms with van der Waals surface area (Å²) >= 11 is 0.959. The Kier molecular flexibility index (Phi) is 4.49. The fourth-order valence-corrected chi connectivity index (χ4v) is 2.47. The van der Waals surface area contributed by atoms with Crippen LogP contribution >= 0.6 is 11.3 Å². The molecule has 0 bridgehead atoms. The van der Waals surface area contributed by atoms with Gasteiger partial charge in [-0.1, -0.05) is 12.1 Å². The van der Waals surface area contributed by atoms with Crippen molar-refractivity contribution in [3.8, 4) is 0 Å². The van der Waals surface area contributed by atoms with Gasteiger partial charge in [-0.3, -0.25) is 4.79 Å². The summed E-state index contributed by atoms with van der Waals surface area (Å²) in [6.07, 6.45) is 0. The molecule has 0 spiro atoms. The number of hydrogen-bond acceptors (Lipinski definition) is 4. The van der Waals surface area contributed by atoms with E-state index in [1.807, 2.05) is 25.2 Å². The number of carboxylic acids is 1. The van der Waals surface area contributed by atoms with Crippen LogP contribution in [0.15, 0.2) is 36.4 Å². The molecular formula is C14H14N2O3S. The van der Waals surface area contributed by atoms with Crippen LogP contribution < -0.4 is 10.6 Å². The number of aromatic carboxylic acids is 1. The van der Waals surface area contributed by atoms with E-state index in [0.29, 0.717) is 17.1 Å². The van der Waals surface area contributed by atoms with Crippen molar-refractivity contribution in [2.45, 2.75) is 6.54 Å². The van der Waals surface area contributed by atoms with Crippen molar-refractivity contribution in [3.63, 3.8) is 0 Å². The summed E-state index contributed by atoms with van der Waals surface area (Å²) in [6.45, 7) is 0.714. The summed E-state index contributed by atoms with van der Waals surface area (Å²) in [7, 11) is 1.85. The molecule has 0 aliphatic rings. The summed E-state index contributed by atoms with van der Waals surface area (Å²) in [5, 5.41) is 14.6. The van der Waals surface area contributed by atoms with E-state index in [1.54, 1.807) is 6.07 Å². The normalized spacial score (nSPS) is 10.2. The molecule has 0 saturated heterocycles. The lowest BCUT2D eigenvalue weighted by Gasteiger charge is -2.06. The molecule has 2 aromatic rings. The van der Waals surface area contributed by atoms with Crippen LogP contribution in [0.1, 0.15) is 24.9 Å². The minimum atomic E-state index is -1.02. The van der Waals surface area contributed by atoms with E-state index < -0.39 is 5.97 Å². The second-order valence-electron chi connectivity index (χ2n) is 4.15. The number of thiophene rings is 1. The number of carbonyl (C=O) groups excluding carboxylic acids is 1. The van der Waals surface area contributed by atoms with Gasteiger partial charge >= 0.3 is 5.97 Å². The molecule has 0 aliphatic heterocycles. The lowest BCUT2D eigenvalue weighted by Crippen LogP contribution is -2.11. The Hall–Kier alpha value is -2.18. The second kappa shape index (κ2) is 6.31. The van der Waals surface area contributed by atoms with Gasteiger partial charge in [-0.25, -0.2) is 4.79 Å². The average Bonchev–Trinajstić information content (AvgIpc) is 2.89. The maximum atomic E-state index is 12.0. The van der Waals surface area contributed by atoms with Gasteiger partial charge in [0, 0.05) is 12.2 Å². The maximum absolute atomic E-state index is 12.0. The first kappa shape index (κ1) is 14.2. The van der Waals surface area contributed by atoms with Gasteiger partial charge < -0.3 is 15.7 Å². The van der Waals surface area contributed by atoms with Crippen LogP contribution in [0.25, 0.3) is 0 Å². The lowest BCUT2D eigenvalue weighted by molar-refractivity contribution is 0.0702. The minimum Gasteiger partial charge on any atom is -0.477 e. The third kappa shape index (κ3) is 3.43. The molecule has 6 heteroatoms. The first-order valence-electron chi connectivity index (χ1n) is 5.98. The van der Waals surface area contributed by atoms with Crippen molar-refractivity contribution in [3.05, 3.63) is 51.7 Å². The van der Waals surface area contributed by atoms with E-state index in [9.17, 15) is 9.59 Å². The molecule has 1 heterocycles. The first-order valence-corrected chi connectivity index (χ1v) is 6.80. The monoisotopic (exact) mass is 290 g/mol. The van der Waals surface area contributed by atoms with Gasteiger partial charge in [-0.15, -0.1) is 11.3 Å². The van der Waals surface area contributed by atoms with Gasteiger partial charge in [-0.05, 0) is 36.9 Å². The largest absolute Gasteiger partial charge is 0.477 e.